The maximum absolute atomic E-state index is 11.0. The van der Waals surface area contributed by atoms with Gasteiger partial charge in [-0.1, -0.05) is 0 Å². The molecule has 0 aliphatic heterocycles. The second-order valence-corrected chi connectivity index (χ2v) is 5.27. The molecular weight excluding hydrogens is 359 g/mol. The Hall–Kier alpha value is -1.57. The van der Waals surface area contributed by atoms with Crippen LogP contribution in [-0.2, 0) is 13.6 Å². The average molecular weight is 373 g/mol. The summed E-state index contributed by atoms with van der Waals surface area (Å²) >= 11 is 2.00. The molecule has 1 aromatic carbocycles. The quantitative estimate of drug-likeness (QED) is 0.641. The molecule has 0 saturated carbocycles. The van der Waals surface area contributed by atoms with E-state index in [2.05, 4.69) is 0 Å². The highest BCUT2D eigenvalue weighted by molar-refractivity contribution is 14.1. The summed E-state index contributed by atoms with van der Waals surface area (Å²) in [4.78, 5) is 11.0. The summed E-state index contributed by atoms with van der Waals surface area (Å²) in [5.74, 6) is -0.360. The van der Waals surface area contributed by atoms with Crippen LogP contribution < -0.4 is 9.30 Å². The first kappa shape index (κ1) is 13.9. The van der Waals surface area contributed by atoms with E-state index in [1.54, 1.807) is 18.2 Å². The van der Waals surface area contributed by atoms with Crippen molar-refractivity contribution < 1.29 is 19.2 Å². The molecule has 2 aromatic rings. The Balaban J connectivity index is 1.96. The Bertz CT molecular complexity index is 595. The molecule has 0 bridgehead atoms. The summed E-state index contributed by atoms with van der Waals surface area (Å²) in [7, 11) is 1.95. The van der Waals surface area contributed by atoms with Crippen molar-refractivity contribution in [2.24, 2.45) is 7.05 Å². The van der Waals surface area contributed by atoms with Gasteiger partial charge in [-0.25, -0.2) is 13.9 Å². The van der Waals surface area contributed by atoms with Gasteiger partial charge >= 0.3 is 5.97 Å². The Morgan fingerprint density at radius 2 is 2.32 bits per heavy atom. The van der Waals surface area contributed by atoms with Gasteiger partial charge in [0.05, 0.1) is 12.6 Å². The number of rotatable bonds is 5. The molecule has 0 aliphatic carbocycles. The van der Waals surface area contributed by atoms with Gasteiger partial charge in [-0.15, -0.1) is 0 Å². The summed E-state index contributed by atoms with van der Waals surface area (Å²) in [6.45, 7) is 1.21. The van der Waals surface area contributed by atoms with E-state index in [0.717, 1.165) is 6.54 Å². The molecule has 0 radical (unpaired) electrons. The smallest absolute Gasteiger partial charge is 0.336 e. The first-order valence-corrected chi connectivity index (χ1v) is 6.81. The van der Waals surface area contributed by atoms with Crippen LogP contribution in [0.25, 0.3) is 0 Å². The molecule has 0 spiro atoms. The minimum Gasteiger partial charge on any atom is -0.489 e. The zero-order valence-corrected chi connectivity index (χ0v) is 12.6. The van der Waals surface area contributed by atoms with Crippen molar-refractivity contribution in [1.82, 2.24) is 4.57 Å². The monoisotopic (exact) mass is 373 g/mol. The van der Waals surface area contributed by atoms with Crippen LogP contribution in [0.5, 0.6) is 5.75 Å². The summed E-state index contributed by atoms with van der Waals surface area (Å²) in [6.07, 6.45) is 5.87. The molecule has 0 atom stereocenters. The lowest BCUT2D eigenvalue weighted by atomic mass is 10.2. The van der Waals surface area contributed by atoms with E-state index in [9.17, 15) is 4.79 Å². The number of carboxylic acid groups (broad SMARTS) is 1. The standard InChI is InChI=1S/C13H13IN2O3/c1-15-4-5-16(9-15)6-7-19-10-2-3-12(14)11(8-10)13(17)18/h2-5,8-9H,6-7H2,1H3/p+1. The minimum absolute atomic E-state index is 0.269. The number of hydrogen-bond acceptors (Lipinski definition) is 2. The van der Waals surface area contributed by atoms with Crippen molar-refractivity contribution >= 4 is 28.6 Å². The van der Waals surface area contributed by atoms with E-state index >= 15 is 0 Å². The molecule has 0 saturated heterocycles. The Morgan fingerprint density at radius 3 is 2.95 bits per heavy atom. The SMILES string of the molecule is C[n+]1ccn(CCOc2ccc(I)c(C(=O)O)c2)c1. The summed E-state index contributed by atoms with van der Waals surface area (Å²) in [5.41, 5.74) is 0.269. The normalized spacial score (nSPS) is 10.4. The fourth-order valence-electron chi connectivity index (χ4n) is 1.66. The molecular formula is C13H14IN2O3+. The topological polar surface area (TPSA) is 55.3 Å². The Morgan fingerprint density at radius 1 is 1.53 bits per heavy atom. The zero-order valence-electron chi connectivity index (χ0n) is 10.4. The van der Waals surface area contributed by atoms with Crippen LogP contribution in [-0.4, -0.2) is 22.2 Å². The van der Waals surface area contributed by atoms with Crippen LogP contribution in [0.15, 0.2) is 36.9 Å². The number of aryl methyl sites for hydroxylation is 1. The number of nitrogens with zero attached hydrogens (tertiary/aromatic N) is 2. The number of hydrogen-bond donors (Lipinski definition) is 1. The molecule has 6 heteroatoms. The highest BCUT2D eigenvalue weighted by Gasteiger charge is 2.09. The lowest BCUT2D eigenvalue weighted by Crippen LogP contribution is -2.24. The second-order valence-electron chi connectivity index (χ2n) is 4.11. The van der Waals surface area contributed by atoms with E-state index < -0.39 is 5.97 Å². The van der Waals surface area contributed by atoms with Gasteiger partial charge in [0.25, 0.3) is 0 Å². The van der Waals surface area contributed by atoms with Gasteiger partial charge in [-0.3, -0.25) is 0 Å². The molecule has 1 N–H and O–H groups in total. The molecule has 0 unspecified atom stereocenters. The van der Waals surface area contributed by atoms with E-state index in [1.807, 2.05) is 57.5 Å². The minimum atomic E-state index is -0.938. The molecule has 1 aromatic heterocycles. The highest BCUT2D eigenvalue weighted by Crippen LogP contribution is 2.19. The molecule has 5 nitrogen and oxygen atoms in total. The van der Waals surface area contributed by atoms with Crippen LogP contribution >= 0.6 is 22.6 Å². The van der Waals surface area contributed by atoms with Gasteiger partial charge in [0.1, 0.15) is 31.3 Å². The lowest BCUT2D eigenvalue weighted by Gasteiger charge is -2.06. The van der Waals surface area contributed by atoms with E-state index in [4.69, 9.17) is 9.84 Å². The number of ether oxygens (including phenoxy) is 1. The first-order chi connectivity index (χ1) is 9.06. The van der Waals surface area contributed by atoms with Crippen molar-refractivity contribution in [3.63, 3.8) is 0 Å². The van der Waals surface area contributed by atoms with Gasteiger partial charge in [-0.05, 0) is 40.8 Å². The van der Waals surface area contributed by atoms with Gasteiger partial charge in [0, 0.05) is 3.57 Å². The van der Waals surface area contributed by atoms with Gasteiger partial charge in [0.15, 0.2) is 0 Å². The number of aromatic carboxylic acids is 1. The van der Waals surface area contributed by atoms with E-state index in [1.165, 1.54) is 0 Å². The number of carboxylic acids is 1. The zero-order chi connectivity index (χ0) is 13.8. The van der Waals surface area contributed by atoms with Gasteiger partial charge in [0.2, 0.25) is 6.33 Å². The molecule has 2 rings (SSSR count). The largest absolute Gasteiger partial charge is 0.489 e. The van der Waals surface area contributed by atoms with Crippen molar-refractivity contribution in [1.29, 1.82) is 0 Å². The van der Waals surface area contributed by atoms with Gasteiger partial charge in [-0.2, -0.15) is 0 Å². The molecule has 0 amide bonds. The fourth-order valence-corrected chi connectivity index (χ4v) is 2.23. The van der Waals surface area contributed by atoms with Crippen LogP contribution in [0.4, 0.5) is 0 Å². The molecule has 19 heavy (non-hydrogen) atoms. The summed E-state index contributed by atoms with van der Waals surface area (Å²) in [5, 5.41) is 9.03. The third-order valence-electron chi connectivity index (χ3n) is 2.61. The molecule has 1 heterocycles. The Labute approximate surface area is 124 Å². The van der Waals surface area contributed by atoms with E-state index in [-0.39, 0.29) is 5.56 Å². The third-order valence-corrected chi connectivity index (χ3v) is 3.55. The molecule has 0 aliphatic rings. The summed E-state index contributed by atoms with van der Waals surface area (Å²) < 4.78 is 10.2. The lowest BCUT2D eigenvalue weighted by molar-refractivity contribution is -0.671. The van der Waals surface area contributed by atoms with Crippen LogP contribution in [0.2, 0.25) is 0 Å². The number of carbonyl (C=O) groups is 1. The summed E-state index contributed by atoms with van der Waals surface area (Å²) in [6, 6.07) is 5.08. The fraction of sp³-hybridized carbons (Fsp3) is 0.231. The number of benzene rings is 1. The van der Waals surface area contributed by atoms with Gasteiger partial charge < -0.3 is 9.84 Å². The Kier molecular flexibility index (Phi) is 4.41. The number of halogens is 1. The average Bonchev–Trinajstić information content (AvgIpc) is 2.77. The maximum atomic E-state index is 11.0. The van der Waals surface area contributed by atoms with E-state index in [0.29, 0.717) is 15.9 Å². The van der Waals surface area contributed by atoms with Crippen LogP contribution in [0.3, 0.4) is 0 Å². The first-order valence-electron chi connectivity index (χ1n) is 5.73. The molecule has 0 fully saturated rings. The number of aromatic nitrogens is 2. The van der Waals surface area contributed by atoms with Crippen molar-refractivity contribution in [3.8, 4) is 5.75 Å². The third kappa shape index (κ3) is 3.69. The van der Waals surface area contributed by atoms with Crippen molar-refractivity contribution in [3.05, 3.63) is 46.1 Å². The van der Waals surface area contributed by atoms with Crippen LogP contribution in [0, 0.1) is 3.57 Å². The predicted octanol–water partition coefficient (Wildman–Crippen LogP) is 1.69. The second kappa shape index (κ2) is 6.05. The van der Waals surface area contributed by atoms with Crippen molar-refractivity contribution in [2.75, 3.05) is 6.61 Å². The molecule has 100 valence electrons. The maximum Gasteiger partial charge on any atom is 0.336 e. The predicted molar refractivity (Wildman–Crippen MR) is 77.2 cm³/mol. The highest BCUT2D eigenvalue weighted by atomic mass is 127. The number of imidazole rings is 1. The van der Waals surface area contributed by atoms with Crippen molar-refractivity contribution in [2.45, 2.75) is 6.54 Å². The van der Waals surface area contributed by atoms with Crippen LogP contribution in [0.1, 0.15) is 10.4 Å².